The Morgan fingerprint density at radius 3 is 1.41 bits per heavy atom. The Morgan fingerprint density at radius 1 is 0.688 bits per heavy atom. The maximum Gasteiger partial charge on any atom is 0.242 e. The van der Waals surface area contributed by atoms with Crippen LogP contribution >= 0.6 is 0 Å². The first-order valence-corrected chi connectivity index (χ1v) is 10.8. The lowest BCUT2D eigenvalue weighted by molar-refractivity contribution is -0.113. The summed E-state index contributed by atoms with van der Waals surface area (Å²) in [5.74, 6) is -0.110. The molecule has 0 atom stereocenters. The summed E-state index contributed by atoms with van der Waals surface area (Å²) in [5.41, 5.74) is 0.193. The van der Waals surface area contributed by atoms with E-state index in [1.54, 1.807) is 0 Å². The highest BCUT2D eigenvalue weighted by Crippen LogP contribution is 2.40. The van der Waals surface area contributed by atoms with E-state index in [1.807, 2.05) is 0 Å². The van der Waals surface area contributed by atoms with Gasteiger partial charge >= 0.3 is 0 Å². The van der Waals surface area contributed by atoms with Crippen LogP contribution in [0, 0.1) is 0 Å². The molecule has 12 heteroatoms. The summed E-state index contributed by atoms with van der Waals surface area (Å²) in [5, 5.41) is 2.50. The molecular weight excluding hydrogens is 444 g/mol. The van der Waals surface area contributed by atoms with E-state index in [9.17, 15) is 13.2 Å². The third-order valence-corrected chi connectivity index (χ3v) is 5.43. The Kier molecular flexibility index (Phi) is 8.24. The summed E-state index contributed by atoms with van der Waals surface area (Å²) < 4.78 is 59.0. The van der Waals surface area contributed by atoms with Crippen LogP contribution < -0.4 is 38.5 Å². The molecule has 0 saturated carbocycles. The number of carbonyl (C=O) groups excluding carboxylic acids is 1. The quantitative estimate of drug-likeness (QED) is 0.507. The van der Waals surface area contributed by atoms with Crippen LogP contribution in [0.4, 0.5) is 11.4 Å². The van der Waals surface area contributed by atoms with Crippen LogP contribution in [0.1, 0.15) is 0 Å². The lowest BCUT2D eigenvalue weighted by atomic mass is 10.2. The van der Waals surface area contributed by atoms with Crippen LogP contribution in [0.2, 0.25) is 0 Å². The standard InChI is InChI=1S/C20H26N2O9S/c1-26-12-7-14(28-3)19(15(8-12)29-4)21-18(23)11-32(24,25)22-20-16(30-5)9-13(27-2)10-17(20)31-6/h7-10,22H,11H2,1-6H3,(H,21,23). The highest BCUT2D eigenvalue weighted by atomic mass is 32.2. The fourth-order valence-corrected chi connectivity index (χ4v) is 3.78. The molecule has 32 heavy (non-hydrogen) atoms. The van der Waals surface area contributed by atoms with Crippen molar-refractivity contribution in [2.75, 3.05) is 58.5 Å². The average molecular weight is 471 g/mol. The Morgan fingerprint density at radius 2 is 1.06 bits per heavy atom. The van der Waals surface area contributed by atoms with Crippen molar-refractivity contribution >= 4 is 27.3 Å². The van der Waals surface area contributed by atoms with Crippen LogP contribution in [0.3, 0.4) is 0 Å². The van der Waals surface area contributed by atoms with E-state index < -0.39 is 21.7 Å². The molecule has 0 aliphatic carbocycles. The van der Waals surface area contributed by atoms with Gasteiger partial charge in [-0.1, -0.05) is 0 Å². The van der Waals surface area contributed by atoms with Crippen LogP contribution in [0.25, 0.3) is 0 Å². The molecule has 0 aromatic heterocycles. The van der Waals surface area contributed by atoms with Crippen LogP contribution in [-0.2, 0) is 14.8 Å². The van der Waals surface area contributed by atoms with Crippen molar-refractivity contribution in [2.24, 2.45) is 0 Å². The van der Waals surface area contributed by atoms with E-state index in [-0.39, 0.29) is 34.4 Å². The minimum absolute atomic E-state index is 0.0307. The van der Waals surface area contributed by atoms with Gasteiger partial charge in [0.15, 0.2) is 0 Å². The van der Waals surface area contributed by atoms with E-state index in [1.165, 1.54) is 66.9 Å². The van der Waals surface area contributed by atoms with Gasteiger partial charge in [0, 0.05) is 24.3 Å². The number of ether oxygens (including phenoxy) is 6. The third-order valence-electron chi connectivity index (χ3n) is 4.27. The summed E-state index contributed by atoms with van der Waals surface area (Å²) in [6, 6.07) is 6.01. The molecule has 0 heterocycles. The topological polar surface area (TPSA) is 131 Å². The van der Waals surface area contributed by atoms with Gasteiger partial charge in [0.1, 0.15) is 51.6 Å². The van der Waals surface area contributed by atoms with Gasteiger partial charge in [-0.25, -0.2) is 8.42 Å². The summed E-state index contributed by atoms with van der Waals surface area (Å²) >= 11 is 0. The fourth-order valence-electron chi connectivity index (χ4n) is 2.77. The third kappa shape index (κ3) is 5.78. The zero-order valence-corrected chi connectivity index (χ0v) is 19.4. The molecule has 2 aromatic carbocycles. The second-order valence-electron chi connectivity index (χ2n) is 6.22. The van der Waals surface area contributed by atoms with Crippen molar-refractivity contribution in [3.8, 4) is 34.5 Å². The molecule has 11 nitrogen and oxygen atoms in total. The van der Waals surface area contributed by atoms with Gasteiger partial charge in [-0.2, -0.15) is 0 Å². The van der Waals surface area contributed by atoms with Crippen LogP contribution in [0.15, 0.2) is 24.3 Å². The molecule has 0 bridgehead atoms. The number of amides is 1. The molecule has 176 valence electrons. The molecule has 0 aliphatic heterocycles. The molecule has 0 fully saturated rings. The predicted molar refractivity (Wildman–Crippen MR) is 118 cm³/mol. The monoisotopic (exact) mass is 470 g/mol. The number of hydrogen-bond donors (Lipinski definition) is 2. The van der Waals surface area contributed by atoms with Gasteiger partial charge in [-0.05, 0) is 0 Å². The zero-order chi connectivity index (χ0) is 23.9. The molecule has 1 amide bonds. The lowest BCUT2D eigenvalue weighted by Gasteiger charge is -2.17. The summed E-state index contributed by atoms with van der Waals surface area (Å²) in [7, 11) is 4.26. The van der Waals surface area contributed by atoms with Gasteiger partial charge in [-0.3, -0.25) is 9.52 Å². The number of benzene rings is 2. The van der Waals surface area contributed by atoms with Gasteiger partial charge in [-0.15, -0.1) is 0 Å². The molecule has 2 aromatic rings. The maximum absolute atomic E-state index is 12.7. The molecule has 0 unspecified atom stereocenters. The number of anilines is 2. The normalized spacial score (nSPS) is 10.7. The number of methoxy groups -OCH3 is 6. The summed E-state index contributed by atoms with van der Waals surface area (Å²) in [4.78, 5) is 12.6. The van der Waals surface area contributed by atoms with Gasteiger partial charge in [0.05, 0.1) is 42.7 Å². The summed E-state index contributed by atoms with van der Waals surface area (Å²) in [6.45, 7) is 0. The zero-order valence-electron chi connectivity index (χ0n) is 18.6. The van der Waals surface area contributed by atoms with Gasteiger partial charge in [0.2, 0.25) is 15.9 Å². The number of hydrogen-bond acceptors (Lipinski definition) is 9. The lowest BCUT2D eigenvalue weighted by Crippen LogP contribution is -2.28. The molecular formula is C20H26N2O9S. The minimum Gasteiger partial charge on any atom is -0.496 e. The molecule has 0 saturated heterocycles. The largest absolute Gasteiger partial charge is 0.496 e. The van der Waals surface area contributed by atoms with E-state index in [4.69, 9.17) is 28.4 Å². The number of nitrogens with one attached hydrogen (secondary N) is 2. The highest BCUT2D eigenvalue weighted by Gasteiger charge is 2.24. The first-order valence-electron chi connectivity index (χ1n) is 9.12. The predicted octanol–water partition coefficient (Wildman–Crippen LogP) is 2.12. The Hall–Kier alpha value is -3.54. The first kappa shape index (κ1) is 24.7. The first-order chi connectivity index (χ1) is 15.2. The summed E-state index contributed by atoms with van der Waals surface area (Å²) in [6.07, 6.45) is 0. The Bertz CT molecular complexity index is 1020. The molecule has 0 aliphatic rings. The van der Waals surface area contributed by atoms with Crippen LogP contribution in [-0.4, -0.2) is 62.7 Å². The van der Waals surface area contributed by atoms with E-state index in [2.05, 4.69) is 10.0 Å². The van der Waals surface area contributed by atoms with E-state index >= 15 is 0 Å². The second-order valence-corrected chi connectivity index (χ2v) is 7.95. The Labute approximate surface area is 186 Å². The van der Waals surface area contributed by atoms with Crippen molar-refractivity contribution in [3.63, 3.8) is 0 Å². The van der Waals surface area contributed by atoms with Crippen molar-refractivity contribution < 1.29 is 41.6 Å². The van der Waals surface area contributed by atoms with Gasteiger partial charge < -0.3 is 33.7 Å². The van der Waals surface area contributed by atoms with Crippen molar-refractivity contribution in [2.45, 2.75) is 0 Å². The molecule has 2 rings (SSSR count). The smallest absolute Gasteiger partial charge is 0.242 e. The fraction of sp³-hybridized carbons (Fsp3) is 0.350. The van der Waals surface area contributed by atoms with Crippen LogP contribution in [0.5, 0.6) is 34.5 Å². The maximum atomic E-state index is 12.7. The van der Waals surface area contributed by atoms with E-state index in [0.717, 1.165) is 0 Å². The number of carbonyl (C=O) groups is 1. The van der Waals surface area contributed by atoms with Gasteiger partial charge in [0.25, 0.3) is 0 Å². The van der Waals surface area contributed by atoms with Crippen molar-refractivity contribution in [1.82, 2.24) is 0 Å². The minimum atomic E-state index is -4.16. The number of sulfonamides is 1. The number of rotatable bonds is 11. The average Bonchev–Trinajstić information content (AvgIpc) is 2.78. The Balaban J connectivity index is 2.28. The molecule has 0 spiro atoms. The molecule has 0 radical (unpaired) electrons. The highest BCUT2D eigenvalue weighted by molar-refractivity contribution is 7.93. The van der Waals surface area contributed by atoms with Crippen molar-refractivity contribution in [1.29, 1.82) is 0 Å². The molecule has 2 N–H and O–H groups in total. The van der Waals surface area contributed by atoms with Crippen molar-refractivity contribution in [3.05, 3.63) is 24.3 Å². The SMILES string of the molecule is COc1cc(OC)c(NC(=O)CS(=O)(=O)Nc2c(OC)cc(OC)cc2OC)c(OC)c1. The second kappa shape index (κ2) is 10.7. The van der Waals surface area contributed by atoms with E-state index in [0.29, 0.717) is 11.5 Å².